The van der Waals surface area contributed by atoms with E-state index in [0.29, 0.717) is 5.56 Å². The van der Waals surface area contributed by atoms with E-state index >= 15 is 0 Å². The van der Waals surface area contributed by atoms with Crippen LogP contribution in [0.1, 0.15) is 67.9 Å². The normalized spacial score (nSPS) is 27.4. The van der Waals surface area contributed by atoms with Gasteiger partial charge < -0.3 is 25.2 Å². The molecule has 4 N–H and O–H groups in total. The van der Waals surface area contributed by atoms with Gasteiger partial charge >= 0.3 is 0 Å². The summed E-state index contributed by atoms with van der Waals surface area (Å²) in [5, 5.41) is 51.5. The molecule has 2 fully saturated rings. The molecule has 0 spiro atoms. The maximum Gasteiger partial charge on any atom is 0.248 e. The summed E-state index contributed by atoms with van der Waals surface area (Å²) < 4.78 is 76.6. The molecule has 2 heterocycles. The number of benzene rings is 2. The molecule has 0 amide bonds. The first-order valence-corrected chi connectivity index (χ1v) is 15.2. The Hall–Kier alpha value is -2.62. The first-order chi connectivity index (χ1) is 20.7. The second-order valence-electron chi connectivity index (χ2n) is 11.8. The Morgan fingerprint density at radius 3 is 2.20 bits per heavy atom. The highest BCUT2D eigenvalue weighted by Crippen LogP contribution is 2.53. The number of hydrogen-bond acceptors (Lipinski definition) is 8. The zero-order valence-electron chi connectivity index (χ0n) is 24.0. The van der Waals surface area contributed by atoms with Crippen molar-refractivity contribution in [3.63, 3.8) is 0 Å². The number of aliphatic hydroxyl groups is 4. The number of nitrogens with zero attached hydrogens (tertiary/aromatic N) is 3. The lowest BCUT2D eigenvalue weighted by Crippen LogP contribution is -2.55. The van der Waals surface area contributed by atoms with Gasteiger partial charge in [0.15, 0.2) is 17.5 Å². The molecule has 1 saturated heterocycles. The number of rotatable bonds is 8. The first-order valence-electron chi connectivity index (χ1n) is 14.3. The number of thioether (sulfide) groups is 1. The maximum absolute atomic E-state index is 14.2. The van der Waals surface area contributed by atoms with Crippen molar-refractivity contribution < 1.29 is 47.1 Å². The zero-order valence-corrected chi connectivity index (χ0v) is 24.8. The van der Waals surface area contributed by atoms with E-state index in [1.807, 2.05) is 26.0 Å². The average molecular weight is 644 g/mol. The predicted octanol–water partition coefficient (Wildman–Crippen LogP) is 4.88. The molecule has 8 nitrogen and oxygen atoms in total. The molecule has 1 aromatic heterocycles. The van der Waals surface area contributed by atoms with Crippen LogP contribution >= 0.6 is 11.8 Å². The number of halogens is 5. The molecule has 1 aliphatic carbocycles. The third-order valence-corrected chi connectivity index (χ3v) is 10.1. The highest BCUT2D eigenvalue weighted by Gasteiger charge is 2.52. The molecule has 240 valence electrons. The van der Waals surface area contributed by atoms with Gasteiger partial charge in [0.1, 0.15) is 35.5 Å². The van der Waals surface area contributed by atoms with E-state index in [1.54, 1.807) is 12.1 Å². The average Bonchev–Trinajstić information content (AvgIpc) is 3.47. The van der Waals surface area contributed by atoms with Gasteiger partial charge in [0.05, 0.1) is 23.7 Å². The smallest absolute Gasteiger partial charge is 0.248 e. The van der Waals surface area contributed by atoms with Crippen LogP contribution in [0, 0.1) is 17.5 Å². The predicted molar refractivity (Wildman–Crippen MR) is 151 cm³/mol. The minimum absolute atomic E-state index is 0.00888. The van der Waals surface area contributed by atoms with E-state index in [2.05, 4.69) is 10.3 Å². The monoisotopic (exact) mass is 643 g/mol. The van der Waals surface area contributed by atoms with Crippen molar-refractivity contribution in [2.75, 3.05) is 6.61 Å². The number of aromatic nitrogens is 3. The van der Waals surface area contributed by atoms with Crippen molar-refractivity contribution in [3.05, 3.63) is 71.2 Å². The fourth-order valence-electron chi connectivity index (χ4n) is 5.96. The fourth-order valence-corrected chi connectivity index (χ4v) is 7.61. The SMILES string of the molecule is CC(C)c1ccccc1[C@@H](S[C@@H]1O[C@H](CO)[C@H](O)[C@H](n2cc(-c3cc(F)c(F)c(F)c3)nn2)[C@H]1O)C1(O)CCC(F)(F)CC1. The molecule has 1 saturated carbocycles. The summed E-state index contributed by atoms with van der Waals surface area (Å²) in [6, 6.07) is 7.45. The molecule has 3 aromatic rings. The molecular weight excluding hydrogens is 609 g/mol. The van der Waals surface area contributed by atoms with Gasteiger partial charge in [-0.05, 0) is 42.0 Å². The van der Waals surface area contributed by atoms with Crippen molar-refractivity contribution in [2.24, 2.45) is 0 Å². The minimum atomic E-state index is -2.92. The lowest BCUT2D eigenvalue weighted by molar-refractivity contribution is -0.179. The van der Waals surface area contributed by atoms with Crippen LogP contribution in [-0.2, 0) is 4.74 Å². The van der Waals surface area contributed by atoms with Crippen molar-refractivity contribution in [1.82, 2.24) is 15.0 Å². The van der Waals surface area contributed by atoms with Crippen LogP contribution < -0.4 is 0 Å². The second kappa shape index (κ2) is 12.6. The van der Waals surface area contributed by atoms with Gasteiger partial charge in [0, 0.05) is 18.4 Å². The van der Waals surface area contributed by atoms with Crippen molar-refractivity contribution >= 4 is 11.8 Å². The third-order valence-electron chi connectivity index (χ3n) is 8.45. The van der Waals surface area contributed by atoms with Gasteiger partial charge in [-0.3, -0.25) is 0 Å². The van der Waals surface area contributed by atoms with Crippen LogP contribution in [0.4, 0.5) is 22.0 Å². The molecule has 2 aromatic carbocycles. The van der Waals surface area contributed by atoms with Gasteiger partial charge in [0.2, 0.25) is 5.92 Å². The molecule has 5 rings (SSSR count). The van der Waals surface area contributed by atoms with E-state index in [0.717, 1.165) is 34.1 Å². The Bertz CT molecular complexity index is 1440. The number of alkyl halides is 2. The second-order valence-corrected chi connectivity index (χ2v) is 13.0. The lowest BCUT2D eigenvalue weighted by atomic mass is 9.77. The highest BCUT2D eigenvalue weighted by atomic mass is 32.2. The zero-order chi connectivity index (χ0) is 32.0. The molecule has 44 heavy (non-hydrogen) atoms. The van der Waals surface area contributed by atoms with Gasteiger partial charge in [-0.2, -0.15) is 0 Å². The van der Waals surface area contributed by atoms with Gasteiger partial charge in [-0.15, -0.1) is 16.9 Å². The van der Waals surface area contributed by atoms with Crippen LogP contribution in [0.2, 0.25) is 0 Å². The molecule has 2 aliphatic rings. The van der Waals surface area contributed by atoms with Crippen molar-refractivity contribution in [1.29, 1.82) is 0 Å². The standard InChI is InChI=1S/C30H34F5N3O5S/c1-15(2)17-5-3-4-6-18(17)27(29(42)7-9-30(34,35)10-8-29)44-28-26(41)24(25(40)22(14-39)43-28)38-13-21(36-37-38)16-11-19(31)23(33)20(32)12-16/h3-6,11-13,15,22,24-28,39-42H,7-10,14H2,1-2H3/t22-,24+,25+,26-,27-,28+/m1/s1. The van der Waals surface area contributed by atoms with Crippen LogP contribution in [0.3, 0.4) is 0 Å². The molecule has 0 radical (unpaired) electrons. The molecule has 14 heteroatoms. The van der Waals surface area contributed by atoms with Crippen LogP contribution in [0.25, 0.3) is 11.3 Å². The molecule has 1 aliphatic heterocycles. The van der Waals surface area contributed by atoms with Crippen molar-refractivity contribution in [3.8, 4) is 11.3 Å². The van der Waals surface area contributed by atoms with Gasteiger partial charge in [-0.1, -0.05) is 43.3 Å². The summed E-state index contributed by atoms with van der Waals surface area (Å²) in [6.07, 6.45) is -4.57. The topological polar surface area (TPSA) is 121 Å². The van der Waals surface area contributed by atoms with E-state index < -0.39 is 83.5 Å². The Morgan fingerprint density at radius 1 is 1.00 bits per heavy atom. The number of aliphatic hydroxyl groups excluding tert-OH is 3. The fraction of sp³-hybridized carbons (Fsp3) is 0.533. The largest absolute Gasteiger partial charge is 0.394 e. The first kappa shape index (κ1) is 32.8. The minimum Gasteiger partial charge on any atom is -0.394 e. The number of ether oxygens (including phenoxy) is 1. The summed E-state index contributed by atoms with van der Waals surface area (Å²) in [5.74, 6) is -7.45. The van der Waals surface area contributed by atoms with E-state index in [4.69, 9.17) is 4.74 Å². The van der Waals surface area contributed by atoms with Gasteiger partial charge in [-0.25, -0.2) is 26.6 Å². The van der Waals surface area contributed by atoms with Crippen LogP contribution in [0.5, 0.6) is 0 Å². The van der Waals surface area contributed by atoms with E-state index in [9.17, 15) is 42.4 Å². The van der Waals surface area contributed by atoms with E-state index in [-0.39, 0.29) is 30.0 Å². The summed E-state index contributed by atoms with van der Waals surface area (Å²) in [7, 11) is 0. The summed E-state index contributed by atoms with van der Waals surface area (Å²) >= 11 is 1.00. The summed E-state index contributed by atoms with van der Waals surface area (Å²) in [5.41, 5.74) is -1.48. The molecule has 6 atom stereocenters. The molecule has 0 unspecified atom stereocenters. The summed E-state index contributed by atoms with van der Waals surface area (Å²) in [4.78, 5) is 0. The Kier molecular flexibility index (Phi) is 9.41. The lowest BCUT2D eigenvalue weighted by Gasteiger charge is -2.46. The van der Waals surface area contributed by atoms with Crippen molar-refractivity contribution in [2.45, 2.75) is 92.0 Å². The Labute approximate surface area is 254 Å². The Balaban J connectivity index is 1.50. The molecule has 0 bridgehead atoms. The van der Waals surface area contributed by atoms with E-state index in [1.165, 1.54) is 6.20 Å². The number of hydrogen-bond donors (Lipinski definition) is 4. The quantitative estimate of drug-likeness (QED) is 0.203. The highest BCUT2D eigenvalue weighted by molar-refractivity contribution is 8.00. The Morgan fingerprint density at radius 2 is 1.61 bits per heavy atom. The van der Waals surface area contributed by atoms with Crippen LogP contribution in [0.15, 0.2) is 42.6 Å². The van der Waals surface area contributed by atoms with Gasteiger partial charge in [0.25, 0.3) is 0 Å². The third kappa shape index (κ3) is 6.38. The maximum atomic E-state index is 14.2. The van der Waals surface area contributed by atoms with Crippen LogP contribution in [-0.4, -0.2) is 77.3 Å². The molecular formula is C30H34F5N3O5S. The summed E-state index contributed by atoms with van der Waals surface area (Å²) in [6.45, 7) is 3.25.